The third-order valence-corrected chi connectivity index (χ3v) is 4.98. The fraction of sp³-hybridized carbons (Fsp3) is 0.882. The summed E-state index contributed by atoms with van der Waals surface area (Å²) in [5.74, 6) is -0.0763. The lowest BCUT2D eigenvalue weighted by molar-refractivity contribution is -0.126. The fourth-order valence-corrected chi connectivity index (χ4v) is 3.59. The molecule has 6 heteroatoms. The van der Waals surface area contributed by atoms with Crippen molar-refractivity contribution in [3.8, 4) is 0 Å². The lowest BCUT2D eigenvalue weighted by Crippen LogP contribution is -2.45. The van der Waals surface area contributed by atoms with Gasteiger partial charge in [0.2, 0.25) is 11.8 Å². The van der Waals surface area contributed by atoms with Gasteiger partial charge in [0.25, 0.3) is 0 Å². The predicted octanol–water partition coefficient (Wildman–Crippen LogP) is 0.788. The van der Waals surface area contributed by atoms with Gasteiger partial charge in [0.15, 0.2) is 0 Å². The lowest BCUT2D eigenvalue weighted by atomic mass is 10.0. The molecule has 0 unspecified atom stereocenters. The molecule has 3 N–H and O–H groups in total. The molecule has 0 spiro atoms. The maximum atomic E-state index is 11.8. The number of amides is 2. The first-order chi connectivity index (χ1) is 11.2. The molecule has 2 amide bonds. The maximum Gasteiger partial charge on any atom is 0.220 e. The topological polar surface area (TPSA) is 81.7 Å². The summed E-state index contributed by atoms with van der Waals surface area (Å²) >= 11 is 0. The number of rotatable bonds is 8. The van der Waals surface area contributed by atoms with Gasteiger partial charge in [0, 0.05) is 38.0 Å². The second kappa shape index (κ2) is 9.88. The number of nitrogens with one attached hydrogen (secondary N) is 2. The van der Waals surface area contributed by atoms with Crippen LogP contribution < -0.4 is 10.6 Å². The highest BCUT2D eigenvalue weighted by Gasteiger charge is 2.21. The van der Waals surface area contributed by atoms with Crippen LogP contribution in [0.5, 0.6) is 0 Å². The van der Waals surface area contributed by atoms with Crippen LogP contribution in [-0.2, 0) is 9.59 Å². The first-order valence-electron chi connectivity index (χ1n) is 9.10. The standard InChI is InChI=1S/C17H31N3O3/c21-13-15-7-3-4-11-20(15)12-10-18-16(22)8-9-17(23)19-14-5-1-2-6-14/h14-15,21H,1-13H2,(H,18,22)(H,19,23)/t15-/m1/s1. The SMILES string of the molecule is O=C(CCC(=O)NC1CCCC1)NCCN1CCCC[C@@H]1CO. The van der Waals surface area contributed by atoms with Crippen LogP contribution >= 0.6 is 0 Å². The van der Waals surface area contributed by atoms with Crippen molar-refractivity contribution in [2.45, 2.75) is 69.9 Å². The highest BCUT2D eigenvalue weighted by molar-refractivity contribution is 5.83. The zero-order valence-electron chi connectivity index (χ0n) is 14.1. The quantitative estimate of drug-likeness (QED) is 0.616. The van der Waals surface area contributed by atoms with Gasteiger partial charge >= 0.3 is 0 Å². The van der Waals surface area contributed by atoms with Gasteiger partial charge in [-0.2, -0.15) is 0 Å². The number of aliphatic hydroxyl groups is 1. The number of nitrogens with zero attached hydrogens (tertiary/aromatic N) is 1. The van der Waals surface area contributed by atoms with Gasteiger partial charge in [-0.1, -0.05) is 19.3 Å². The summed E-state index contributed by atoms with van der Waals surface area (Å²) in [6.07, 6.45) is 8.40. The van der Waals surface area contributed by atoms with Crippen molar-refractivity contribution in [2.75, 3.05) is 26.2 Å². The van der Waals surface area contributed by atoms with E-state index in [4.69, 9.17) is 0 Å². The van der Waals surface area contributed by atoms with E-state index < -0.39 is 0 Å². The molecule has 2 fully saturated rings. The first-order valence-corrected chi connectivity index (χ1v) is 9.10. The van der Waals surface area contributed by atoms with Crippen molar-refractivity contribution in [1.82, 2.24) is 15.5 Å². The molecular weight excluding hydrogens is 294 g/mol. The van der Waals surface area contributed by atoms with Crippen molar-refractivity contribution in [1.29, 1.82) is 0 Å². The highest BCUT2D eigenvalue weighted by atomic mass is 16.3. The first kappa shape index (κ1) is 18.2. The van der Waals surface area contributed by atoms with Crippen molar-refractivity contribution in [3.63, 3.8) is 0 Å². The van der Waals surface area contributed by atoms with Crippen molar-refractivity contribution in [2.24, 2.45) is 0 Å². The Bertz CT molecular complexity index is 383. The van der Waals surface area contributed by atoms with Crippen LogP contribution in [0.25, 0.3) is 0 Å². The largest absolute Gasteiger partial charge is 0.395 e. The molecule has 1 saturated carbocycles. The van der Waals surface area contributed by atoms with E-state index in [1.165, 1.54) is 19.3 Å². The Morgan fingerprint density at radius 3 is 2.43 bits per heavy atom. The minimum Gasteiger partial charge on any atom is -0.395 e. The molecule has 1 aliphatic heterocycles. The van der Waals surface area contributed by atoms with E-state index in [1.807, 2.05) is 0 Å². The van der Waals surface area contributed by atoms with E-state index >= 15 is 0 Å². The molecule has 0 aromatic heterocycles. The molecule has 6 nitrogen and oxygen atoms in total. The van der Waals surface area contributed by atoms with Gasteiger partial charge in [0.05, 0.1) is 6.61 Å². The summed E-state index contributed by atoms with van der Waals surface area (Å²) in [5.41, 5.74) is 0. The van der Waals surface area contributed by atoms with Crippen LogP contribution in [0.15, 0.2) is 0 Å². The van der Waals surface area contributed by atoms with Gasteiger partial charge < -0.3 is 15.7 Å². The second-order valence-electron chi connectivity index (χ2n) is 6.77. The average molecular weight is 325 g/mol. The molecule has 2 rings (SSSR count). The van der Waals surface area contributed by atoms with Crippen LogP contribution in [0.1, 0.15) is 57.8 Å². The Morgan fingerprint density at radius 1 is 1.00 bits per heavy atom. The van der Waals surface area contributed by atoms with Gasteiger partial charge in [0.1, 0.15) is 0 Å². The smallest absolute Gasteiger partial charge is 0.220 e. The van der Waals surface area contributed by atoms with Crippen LogP contribution in [-0.4, -0.2) is 60.1 Å². The predicted molar refractivity (Wildman–Crippen MR) is 88.9 cm³/mol. The average Bonchev–Trinajstić information content (AvgIpc) is 3.06. The van der Waals surface area contributed by atoms with Gasteiger partial charge in [-0.15, -0.1) is 0 Å². The molecule has 0 bridgehead atoms. The van der Waals surface area contributed by atoms with Gasteiger partial charge in [-0.3, -0.25) is 14.5 Å². The van der Waals surface area contributed by atoms with E-state index in [0.717, 1.165) is 38.8 Å². The Kier molecular flexibility index (Phi) is 7.82. The number of carbonyl (C=O) groups is 2. The molecule has 0 radical (unpaired) electrons. The van der Waals surface area contributed by atoms with E-state index in [0.29, 0.717) is 12.6 Å². The number of likely N-dealkylation sites (tertiary alicyclic amines) is 1. The van der Waals surface area contributed by atoms with Crippen LogP contribution in [0.3, 0.4) is 0 Å². The third kappa shape index (κ3) is 6.47. The molecule has 1 atom stereocenters. The Hall–Kier alpha value is -1.14. The minimum atomic E-state index is -0.0656. The maximum absolute atomic E-state index is 11.8. The molecule has 1 heterocycles. The van der Waals surface area contributed by atoms with Gasteiger partial charge in [-0.05, 0) is 32.2 Å². The van der Waals surface area contributed by atoms with Crippen molar-refractivity contribution >= 4 is 11.8 Å². The summed E-state index contributed by atoms with van der Waals surface area (Å²) in [6, 6.07) is 0.554. The van der Waals surface area contributed by atoms with Crippen molar-refractivity contribution < 1.29 is 14.7 Å². The zero-order valence-corrected chi connectivity index (χ0v) is 14.1. The minimum absolute atomic E-state index is 0.0107. The zero-order chi connectivity index (χ0) is 16.5. The molecule has 132 valence electrons. The highest BCUT2D eigenvalue weighted by Crippen LogP contribution is 2.17. The van der Waals surface area contributed by atoms with E-state index in [1.54, 1.807) is 0 Å². The third-order valence-electron chi connectivity index (χ3n) is 4.98. The molecule has 2 aliphatic rings. The molecule has 0 aromatic rings. The Morgan fingerprint density at radius 2 is 1.70 bits per heavy atom. The van der Waals surface area contributed by atoms with Crippen molar-refractivity contribution in [3.05, 3.63) is 0 Å². The van der Waals surface area contributed by atoms with Crippen LogP contribution in [0.4, 0.5) is 0 Å². The summed E-state index contributed by atoms with van der Waals surface area (Å²) in [5, 5.41) is 15.2. The molecule has 23 heavy (non-hydrogen) atoms. The second-order valence-corrected chi connectivity index (χ2v) is 6.77. The Labute approximate surface area is 139 Å². The fourth-order valence-electron chi connectivity index (χ4n) is 3.59. The molecule has 1 aliphatic carbocycles. The summed E-state index contributed by atoms with van der Waals surface area (Å²) in [4.78, 5) is 25.8. The van der Waals surface area contributed by atoms with E-state index in [2.05, 4.69) is 15.5 Å². The number of hydrogen-bond acceptors (Lipinski definition) is 4. The van der Waals surface area contributed by atoms with Crippen LogP contribution in [0.2, 0.25) is 0 Å². The molecule has 0 aromatic carbocycles. The summed E-state index contributed by atoms with van der Waals surface area (Å²) in [6.45, 7) is 2.53. The monoisotopic (exact) mass is 325 g/mol. The number of carbonyl (C=O) groups excluding carboxylic acids is 2. The lowest BCUT2D eigenvalue weighted by Gasteiger charge is -2.34. The van der Waals surface area contributed by atoms with Crippen LogP contribution in [0, 0.1) is 0 Å². The normalized spacial score (nSPS) is 22.9. The Balaban J connectivity index is 1.54. The van der Waals surface area contributed by atoms with E-state index in [-0.39, 0.29) is 37.3 Å². The van der Waals surface area contributed by atoms with E-state index in [9.17, 15) is 14.7 Å². The summed E-state index contributed by atoms with van der Waals surface area (Å²) < 4.78 is 0. The van der Waals surface area contributed by atoms with Gasteiger partial charge in [-0.25, -0.2) is 0 Å². The molecule has 1 saturated heterocycles. The molecular formula is C17H31N3O3. The number of piperidine rings is 1. The number of aliphatic hydroxyl groups excluding tert-OH is 1. The summed E-state index contributed by atoms with van der Waals surface area (Å²) in [7, 11) is 0. The number of hydrogen-bond donors (Lipinski definition) is 3.